The van der Waals surface area contributed by atoms with Crippen molar-refractivity contribution in [2.24, 2.45) is 0 Å². The van der Waals surface area contributed by atoms with Crippen molar-refractivity contribution in [1.29, 1.82) is 0 Å². The number of hydrogen-bond donors (Lipinski definition) is 2. The number of halogens is 1. The van der Waals surface area contributed by atoms with Gasteiger partial charge < -0.3 is 10.0 Å². The lowest BCUT2D eigenvalue weighted by Crippen LogP contribution is -2.46. The van der Waals surface area contributed by atoms with Crippen LogP contribution in [0, 0.1) is 11.9 Å². The molecule has 0 saturated carbocycles. The molecule has 189 valence electrons. The number of hydrogen-bond acceptors (Lipinski definition) is 4. The predicted octanol–water partition coefficient (Wildman–Crippen LogP) is 4.25. The molecule has 0 aromatic heterocycles. The number of aliphatic hydroxyl groups excluding tert-OH is 1. The average Bonchev–Trinajstić information content (AvgIpc) is 2.84. The van der Waals surface area contributed by atoms with Gasteiger partial charge in [-0.15, -0.1) is 0 Å². The number of aryl methyl sites for hydroxylation is 2. The Morgan fingerprint density at radius 2 is 1.81 bits per heavy atom. The normalized spacial score (nSPS) is 16.6. The molecule has 3 aromatic rings. The maximum Gasteiger partial charge on any atom is 0.230 e. The van der Waals surface area contributed by atoms with E-state index in [2.05, 4.69) is 10.8 Å². The molecule has 2 atom stereocenters. The van der Waals surface area contributed by atoms with Gasteiger partial charge in [0.05, 0.1) is 24.8 Å². The van der Waals surface area contributed by atoms with Crippen molar-refractivity contribution in [1.82, 2.24) is 4.72 Å². The fourth-order valence-corrected chi connectivity index (χ4v) is 5.06. The lowest BCUT2D eigenvalue weighted by atomic mass is 9.91. The molecule has 1 unspecified atom stereocenters. The van der Waals surface area contributed by atoms with E-state index >= 15 is 0 Å². The molecule has 36 heavy (non-hydrogen) atoms. The second-order valence-corrected chi connectivity index (χ2v) is 11.0. The summed E-state index contributed by atoms with van der Waals surface area (Å²) in [6.45, 7) is 0.329. The maximum atomic E-state index is 13.3. The third-order valence-electron chi connectivity index (χ3n) is 6.47. The van der Waals surface area contributed by atoms with E-state index < -0.39 is 16.1 Å². The summed E-state index contributed by atoms with van der Waals surface area (Å²) in [4.78, 5) is 14.4. The van der Waals surface area contributed by atoms with Gasteiger partial charge in [-0.05, 0) is 78.3 Å². The summed E-state index contributed by atoms with van der Waals surface area (Å²) < 4.78 is 38.5. The fourth-order valence-electron chi connectivity index (χ4n) is 4.55. The van der Waals surface area contributed by atoms with Gasteiger partial charge in [-0.25, -0.2) is 17.5 Å². The average molecular weight is 510 g/mol. The van der Waals surface area contributed by atoms with Gasteiger partial charge in [0, 0.05) is 12.2 Å². The highest BCUT2D eigenvalue weighted by atomic mass is 32.2. The van der Waals surface area contributed by atoms with Crippen molar-refractivity contribution in [2.45, 2.75) is 44.2 Å². The molecule has 3 aromatic carbocycles. The van der Waals surface area contributed by atoms with Gasteiger partial charge in [0.25, 0.3) is 0 Å². The molecule has 0 bridgehead atoms. The number of aliphatic hydroxyl groups is 1. The SMILES string of the molecule is CS(=O)(=O)NCCCc1ccc(N2C(=O)CC2c2cc[c]cc2)cc1CC[C@H](O)c1ccc(F)cc1. The van der Waals surface area contributed by atoms with E-state index in [1.807, 2.05) is 42.5 Å². The summed E-state index contributed by atoms with van der Waals surface area (Å²) in [6, 6.07) is 22.3. The van der Waals surface area contributed by atoms with Gasteiger partial charge in [-0.3, -0.25) is 4.79 Å². The summed E-state index contributed by atoms with van der Waals surface area (Å²) in [7, 11) is -3.25. The molecule has 1 fully saturated rings. The number of carbonyl (C=O) groups excluding carboxylic acids is 1. The van der Waals surface area contributed by atoms with Crippen molar-refractivity contribution in [3.8, 4) is 0 Å². The van der Waals surface area contributed by atoms with E-state index in [0.717, 1.165) is 28.6 Å². The van der Waals surface area contributed by atoms with Crippen LogP contribution in [0.1, 0.15) is 53.7 Å². The van der Waals surface area contributed by atoms with Gasteiger partial charge >= 0.3 is 0 Å². The minimum absolute atomic E-state index is 0.0328. The second-order valence-electron chi connectivity index (χ2n) is 9.15. The molecular formula is C28H30FN2O4S. The highest BCUT2D eigenvalue weighted by Gasteiger charge is 2.38. The van der Waals surface area contributed by atoms with Crippen molar-refractivity contribution >= 4 is 21.6 Å². The number of amides is 1. The summed E-state index contributed by atoms with van der Waals surface area (Å²) in [5.41, 5.74) is 4.53. The second kappa shape index (κ2) is 11.3. The minimum atomic E-state index is -3.25. The molecule has 1 saturated heterocycles. The third-order valence-corrected chi connectivity index (χ3v) is 7.20. The molecule has 1 amide bonds. The van der Waals surface area contributed by atoms with Crippen LogP contribution < -0.4 is 9.62 Å². The number of nitrogens with one attached hydrogen (secondary N) is 1. The fraction of sp³-hybridized carbons (Fsp3) is 0.321. The van der Waals surface area contributed by atoms with E-state index in [1.165, 1.54) is 12.1 Å². The predicted molar refractivity (Wildman–Crippen MR) is 137 cm³/mol. The highest BCUT2D eigenvalue weighted by molar-refractivity contribution is 7.88. The topological polar surface area (TPSA) is 86.7 Å². The Morgan fingerprint density at radius 1 is 1.08 bits per heavy atom. The number of carbonyl (C=O) groups is 1. The van der Waals surface area contributed by atoms with Crippen LogP contribution in [-0.2, 0) is 27.7 Å². The van der Waals surface area contributed by atoms with Gasteiger partial charge in [0.2, 0.25) is 15.9 Å². The quantitative estimate of drug-likeness (QED) is 0.299. The van der Waals surface area contributed by atoms with Gasteiger partial charge in [0.1, 0.15) is 5.82 Å². The molecule has 6 nitrogen and oxygen atoms in total. The molecule has 8 heteroatoms. The summed E-state index contributed by atoms with van der Waals surface area (Å²) in [5.74, 6) is -0.302. The first-order valence-corrected chi connectivity index (χ1v) is 13.9. The lowest BCUT2D eigenvalue weighted by Gasteiger charge is -2.41. The standard InChI is InChI=1S/C28H30FN2O4S/c1-36(34,35)30-17-5-8-20-11-15-25(31-26(19-28(31)33)21-6-3-2-4-7-21)18-23(20)12-16-27(32)22-9-13-24(29)14-10-22/h3-4,6-7,9-11,13-15,18,26-27,30,32H,5,8,12,16-17,19H2,1H3/t26?,27-/m0/s1. The first-order valence-electron chi connectivity index (χ1n) is 12.0. The zero-order valence-electron chi connectivity index (χ0n) is 20.2. The van der Waals surface area contributed by atoms with Crippen molar-refractivity contribution in [3.05, 3.63) is 101 Å². The number of sulfonamides is 1. The molecule has 1 aliphatic heterocycles. The van der Waals surface area contributed by atoms with Crippen LogP contribution in [-0.4, -0.2) is 32.2 Å². The first-order chi connectivity index (χ1) is 17.2. The molecule has 1 heterocycles. The number of nitrogens with zero attached hydrogens (tertiary/aromatic N) is 1. The Bertz CT molecular complexity index is 1300. The van der Waals surface area contributed by atoms with Crippen LogP contribution in [0.4, 0.5) is 10.1 Å². The monoisotopic (exact) mass is 509 g/mol. The molecular weight excluding hydrogens is 479 g/mol. The zero-order valence-corrected chi connectivity index (χ0v) is 21.0. The van der Waals surface area contributed by atoms with E-state index in [-0.39, 0.29) is 17.8 Å². The van der Waals surface area contributed by atoms with Gasteiger partial charge in [-0.1, -0.05) is 42.5 Å². The molecule has 4 rings (SSSR count). The molecule has 1 aliphatic rings. The van der Waals surface area contributed by atoms with E-state index in [4.69, 9.17) is 0 Å². The van der Waals surface area contributed by atoms with Crippen LogP contribution in [0.3, 0.4) is 0 Å². The van der Waals surface area contributed by atoms with E-state index in [1.54, 1.807) is 17.0 Å². The maximum absolute atomic E-state index is 13.3. The summed E-state index contributed by atoms with van der Waals surface area (Å²) in [5, 5.41) is 10.7. The highest BCUT2D eigenvalue weighted by Crippen LogP contribution is 2.39. The smallest absolute Gasteiger partial charge is 0.230 e. The molecule has 0 spiro atoms. The van der Waals surface area contributed by atoms with E-state index in [9.17, 15) is 22.7 Å². The van der Waals surface area contributed by atoms with Gasteiger partial charge in [-0.2, -0.15) is 0 Å². The molecule has 2 N–H and O–H groups in total. The number of benzene rings is 3. The Morgan fingerprint density at radius 3 is 2.47 bits per heavy atom. The van der Waals surface area contributed by atoms with E-state index in [0.29, 0.717) is 44.2 Å². The first kappa shape index (κ1) is 26.0. The van der Waals surface area contributed by atoms with Crippen molar-refractivity contribution in [2.75, 3.05) is 17.7 Å². The minimum Gasteiger partial charge on any atom is -0.388 e. The Labute approximate surface area is 211 Å². The van der Waals surface area contributed by atoms with Crippen molar-refractivity contribution < 1.29 is 22.7 Å². The Kier molecular flexibility index (Phi) is 8.18. The summed E-state index contributed by atoms with van der Waals surface area (Å²) in [6.07, 6.45) is 3.07. The van der Waals surface area contributed by atoms with Crippen LogP contribution in [0.15, 0.2) is 66.7 Å². The van der Waals surface area contributed by atoms with Crippen LogP contribution in [0.5, 0.6) is 0 Å². The number of β-lactam (4-membered cyclic amide) rings is 1. The number of rotatable bonds is 11. The summed E-state index contributed by atoms with van der Waals surface area (Å²) >= 11 is 0. The Balaban J connectivity index is 1.53. The largest absolute Gasteiger partial charge is 0.388 e. The molecule has 1 radical (unpaired) electrons. The molecule has 0 aliphatic carbocycles. The van der Waals surface area contributed by atoms with Gasteiger partial charge in [0.15, 0.2) is 0 Å². The van der Waals surface area contributed by atoms with Crippen molar-refractivity contribution in [3.63, 3.8) is 0 Å². The van der Waals surface area contributed by atoms with Crippen LogP contribution in [0.25, 0.3) is 0 Å². The number of anilines is 1. The van der Waals surface area contributed by atoms with Crippen LogP contribution in [0.2, 0.25) is 0 Å². The van der Waals surface area contributed by atoms with Crippen LogP contribution >= 0.6 is 0 Å². The Hall–Kier alpha value is -3.07. The lowest BCUT2D eigenvalue weighted by molar-refractivity contribution is -0.124. The zero-order chi connectivity index (χ0) is 25.7. The third kappa shape index (κ3) is 6.57.